The second kappa shape index (κ2) is 7.53. The Balaban J connectivity index is 2.09. The van der Waals surface area contributed by atoms with Crippen LogP contribution in [-0.2, 0) is 11.2 Å². The van der Waals surface area contributed by atoms with Gasteiger partial charge in [0.2, 0.25) is 0 Å². The van der Waals surface area contributed by atoms with Gasteiger partial charge in [0.1, 0.15) is 0 Å². The molecule has 1 heterocycles. The molecule has 1 aromatic heterocycles. The van der Waals surface area contributed by atoms with E-state index < -0.39 is 0 Å². The van der Waals surface area contributed by atoms with E-state index >= 15 is 0 Å². The van der Waals surface area contributed by atoms with Crippen LogP contribution in [0.2, 0.25) is 0 Å². The van der Waals surface area contributed by atoms with E-state index in [9.17, 15) is 0 Å². The minimum atomic E-state index is -0.153. The van der Waals surface area contributed by atoms with E-state index in [-0.39, 0.29) is 11.6 Å². The molecule has 2 N–H and O–H groups in total. The van der Waals surface area contributed by atoms with Gasteiger partial charge in [0.25, 0.3) is 0 Å². The summed E-state index contributed by atoms with van der Waals surface area (Å²) in [6.07, 6.45) is 9.84. The number of nitrogens with two attached hydrogens (primary N) is 1. The predicted octanol–water partition coefficient (Wildman–Crippen LogP) is 3.84. The molecule has 0 radical (unpaired) electrons. The lowest BCUT2D eigenvalue weighted by Crippen LogP contribution is -2.51. The Morgan fingerprint density at radius 1 is 1.30 bits per heavy atom. The fraction of sp³-hybridized carbons (Fsp3) is 0.688. The highest BCUT2D eigenvalue weighted by atomic mass is 79.9. The average molecular weight is 341 g/mol. The molecule has 4 heteroatoms. The Hall–Kier alpha value is -0.450. The van der Waals surface area contributed by atoms with E-state index in [2.05, 4.69) is 27.8 Å². The number of rotatable bonds is 5. The van der Waals surface area contributed by atoms with Gasteiger partial charge in [-0.25, -0.2) is 0 Å². The maximum absolute atomic E-state index is 6.53. The molecule has 1 aliphatic rings. The predicted molar refractivity (Wildman–Crippen MR) is 85.7 cm³/mol. The summed E-state index contributed by atoms with van der Waals surface area (Å²) in [6, 6.07) is 4.09. The van der Waals surface area contributed by atoms with E-state index in [1.807, 2.05) is 18.3 Å². The first kappa shape index (κ1) is 15.9. The molecular formula is C16H25BrN2O. The molecular weight excluding hydrogens is 316 g/mol. The molecule has 1 fully saturated rings. The van der Waals surface area contributed by atoms with Gasteiger partial charge < -0.3 is 10.5 Å². The molecule has 1 unspecified atom stereocenters. The van der Waals surface area contributed by atoms with E-state index in [0.717, 1.165) is 36.0 Å². The zero-order valence-electron chi connectivity index (χ0n) is 12.3. The Bertz CT molecular complexity index is 399. The molecule has 1 aromatic rings. The second-order valence-corrected chi connectivity index (χ2v) is 6.61. The lowest BCUT2D eigenvalue weighted by atomic mass is 9.84. The van der Waals surface area contributed by atoms with Crippen molar-refractivity contribution < 1.29 is 4.74 Å². The van der Waals surface area contributed by atoms with Crippen molar-refractivity contribution in [3.8, 4) is 0 Å². The maximum atomic E-state index is 6.53. The number of hydrogen-bond donors (Lipinski definition) is 1. The summed E-state index contributed by atoms with van der Waals surface area (Å²) in [5, 5.41) is 0. The third-order valence-corrected chi connectivity index (χ3v) is 4.74. The maximum Gasteiger partial charge on any atom is 0.0836 e. The van der Waals surface area contributed by atoms with Gasteiger partial charge >= 0.3 is 0 Å². The number of nitrogens with zero attached hydrogens (tertiary/aromatic N) is 1. The van der Waals surface area contributed by atoms with E-state index in [1.54, 1.807) is 0 Å². The van der Waals surface area contributed by atoms with Gasteiger partial charge in [-0.1, -0.05) is 25.7 Å². The molecule has 0 saturated heterocycles. The minimum absolute atomic E-state index is 0.0224. The molecule has 3 nitrogen and oxygen atoms in total. The molecule has 20 heavy (non-hydrogen) atoms. The van der Waals surface area contributed by atoms with Crippen LogP contribution >= 0.6 is 15.9 Å². The van der Waals surface area contributed by atoms with Crippen molar-refractivity contribution >= 4 is 15.9 Å². The third-order valence-electron chi connectivity index (χ3n) is 4.28. The Labute approximate surface area is 130 Å². The standard InChI is InChI=1S/C16H25BrN2O/c1-2-20-16(9-5-3-4-6-10-16)15(18)11-14-8-7-13(17)12-19-14/h7-8,12,15H,2-6,9-11,18H2,1H3. The monoisotopic (exact) mass is 340 g/mol. The first-order chi connectivity index (χ1) is 9.66. The molecule has 2 rings (SSSR count). The highest BCUT2D eigenvalue weighted by Gasteiger charge is 2.37. The SMILES string of the molecule is CCOC1(C(N)Cc2ccc(Br)cn2)CCCCCC1. The summed E-state index contributed by atoms with van der Waals surface area (Å²) in [7, 11) is 0. The highest BCUT2D eigenvalue weighted by molar-refractivity contribution is 9.10. The number of ether oxygens (including phenoxy) is 1. The van der Waals surface area contributed by atoms with Gasteiger partial charge in [0.15, 0.2) is 0 Å². The summed E-state index contributed by atoms with van der Waals surface area (Å²) in [5.74, 6) is 0. The van der Waals surface area contributed by atoms with Crippen molar-refractivity contribution in [3.63, 3.8) is 0 Å². The zero-order valence-corrected chi connectivity index (χ0v) is 13.9. The van der Waals surface area contributed by atoms with Crippen LogP contribution in [0.3, 0.4) is 0 Å². The van der Waals surface area contributed by atoms with Crippen molar-refractivity contribution in [3.05, 3.63) is 28.5 Å². The number of halogens is 1. The fourth-order valence-electron chi connectivity index (χ4n) is 3.18. The summed E-state index contributed by atoms with van der Waals surface area (Å²) < 4.78 is 7.15. The van der Waals surface area contributed by atoms with Crippen LogP contribution in [-0.4, -0.2) is 23.2 Å². The Kier molecular flexibility index (Phi) is 6.00. The van der Waals surface area contributed by atoms with Crippen LogP contribution in [0.5, 0.6) is 0 Å². The summed E-state index contributed by atoms with van der Waals surface area (Å²) in [4.78, 5) is 4.45. The largest absolute Gasteiger partial charge is 0.374 e. The van der Waals surface area contributed by atoms with Crippen molar-refractivity contribution in [2.75, 3.05) is 6.61 Å². The Morgan fingerprint density at radius 3 is 2.55 bits per heavy atom. The molecule has 0 spiro atoms. The molecule has 0 aromatic carbocycles. The van der Waals surface area contributed by atoms with Gasteiger partial charge in [-0.3, -0.25) is 4.98 Å². The molecule has 0 amide bonds. The van der Waals surface area contributed by atoms with Gasteiger partial charge in [-0.05, 0) is 47.8 Å². The summed E-state index contributed by atoms with van der Waals surface area (Å²) in [5.41, 5.74) is 7.42. The smallest absolute Gasteiger partial charge is 0.0836 e. The molecule has 1 saturated carbocycles. The van der Waals surface area contributed by atoms with Crippen molar-refractivity contribution in [1.82, 2.24) is 4.98 Å². The summed E-state index contributed by atoms with van der Waals surface area (Å²) in [6.45, 7) is 2.80. The average Bonchev–Trinajstić information content (AvgIpc) is 2.68. The van der Waals surface area contributed by atoms with E-state index in [0.29, 0.717) is 0 Å². The number of aromatic nitrogens is 1. The van der Waals surface area contributed by atoms with Crippen LogP contribution in [0.25, 0.3) is 0 Å². The van der Waals surface area contributed by atoms with Gasteiger partial charge in [-0.2, -0.15) is 0 Å². The fourth-order valence-corrected chi connectivity index (χ4v) is 3.41. The first-order valence-corrected chi connectivity index (χ1v) is 8.45. The lowest BCUT2D eigenvalue weighted by Gasteiger charge is -2.38. The topological polar surface area (TPSA) is 48.1 Å². The number of hydrogen-bond acceptors (Lipinski definition) is 3. The van der Waals surface area contributed by atoms with Crippen LogP contribution in [0.15, 0.2) is 22.8 Å². The van der Waals surface area contributed by atoms with Gasteiger partial charge in [0.05, 0.1) is 5.60 Å². The highest BCUT2D eigenvalue weighted by Crippen LogP contribution is 2.33. The van der Waals surface area contributed by atoms with Crippen molar-refractivity contribution in [2.45, 2.75) is 63.5 Å². The number of pyridine rings is 1. The second-order valence-electron chi connectivity index (χ2n) is 5.69. The Morgan fingerprint density at radius 2 is 2.00 bits per heavy atom. The minimum Gasteiger partial charge on any atom is -0.374 e. The molecule has 0 bridgehead atoms. The van der Waals surface area contributed by atoms with Gasteiger partial charge in [-0.15, -0.1) is 0 Å². The van der Waals surface area contributed by atoms with Crippen LogP contribution in [0, 0.1) is 0 Å². The molecule has 1 aliphatic carbocycles. The first-order valence-electron chi connectivity index (χ1n) is 7.66. The van der Waals surface area contributed by atoms with Crippen LogP contribution in [0.4, 0.5) is 0 Å². The third kappa shape index (κ3) is 4.03. The summed E-state index contributed by atoms with van der Waals surface area (Å²) >= 11 is 3.42. The quantitative estimate of drug-likeness (QED) is 0.828. The van der Waals surface area contributed by atoms with Gasteiger partial charge in [0, 0.05) is 35.4 Å². The van der Waals surface area contributed by atoms with Crippen molar-refractivity contribution in [1.29, 1.82) is 0 Å². The van der Waals surface area contributed by atoms with E-state index in [1.165, 1.54) is 25.7 Å². The lowest BCUT2D eigenvalue weighted by molar-refractivity contribution is -0.0685. The normalized spacial score (nSPS) is 20.4. The van der Waals surface area contributed by atoms with Crippen molar-refractivity contribution in [2.24, 2.45) is 5.73 Å². The van der Waals surface area contributed by atoms with Crippen LogP contribution < -0.4 is 5.73 Å². The molecule has 112 valence electrons. The molecule has 0 aliphatic heterocycles. The van der Waals surface area contributed by atoms with Crippen LogP contribution in [0.1, 0.15) is 51.1 Å². The zero-order chi connectivity index (χ0) is 14.4. The molecule has 1 atom stereocenters. The van der Waals surface area contributed by atoms with E-state index in [4.69, 9.17) is 10.5 Å².